The van der Waals surface area contributed by atoms with Gasteiger partial charge in [-0.15, -0.1) is 0 Å². The van der Waals surface area contributed by atoms with Crippen LogP contribution in [0.25, 0.3) is 0 Å². The molecule has 1 atom stereocenters. The van der Waals surface area contributed by atoms with Gasteiger partial charge in [0.2, 0.25) is 0 Å². The lowest BCUT2D eigenvalue weighted by Crippen LogP contribution is -2.37. The second-order valence-corrected chi connectivity index (χ2v) is 4.10. The van der Waals surface area contributed by atoms with Crippen molar-refractivity contribution in [2.24, 2.45) is 0 Å². The quantitative estimate of drug-likeness (QED) is 0.755. The largest absolute Gasteiger partial charge is 0.464 e. The monoisotopic (exact) mass is 245 g/mol. The van der Waals surface area contributed by atoms with Crippen LogP contribution in [0.5, 0.6) is 0 Å². The van der Waals surface area contributed by atoms with Crippen LogP contribution < -0.4 is 4.90 Å². The van der Waals surface area contributed by atoms with Crippen LogP contribution in [0, 0.1) is 11.3 Å². The molecule has 1 aromatic heterocycles. The van der Waals surface area contributed by atoms with Gasteiger partial charge in [0.1, 0.15) is 23.6 Å². The minimum atomic E-state index is -0.272. The van der Waals surface area contributed by atoms with Gasteiger partial charge in [-0.25, -0.2) is 9.78 Å². The topological polar surface area (TPSA) is 66.2 Å². The van der Waals surface area contributed by atoms with E-state index in [0.29, 0.717) is 18.1 Å². The first-order chi connectivity index (χ1) is 8.76. The van der Waals surface area contributed by atoms with Crippen LogP contribution in [-0.4, -0.2) is 30.1 Å². The highest BCUT2D eigenvalue weighted by molar-refractivity contribution is 5.80. The van der Waals surface area contributed by atoms with E-state index in [4.69, 9.17) is 10.00 Å². The fourth-order valence-electron chi connectivity index (χ4n) is 2.17. The summed E-state index contributed by atoms with van der Waals surface area (Å²) in [5.74, 6) is 0.462. The first kappa shape index (κ1) is 12.4. The summed E-state index contributed by atoms with van der Waals surface area (Å²) in [7, 11) is 0. The number of hydrogen-bond donors (Lipinski definition) is 0. The van der Waals surface area contributed by atoms with Gasteiger partial charge >= 0.3 is 5.97 Å². The maximum absolute atomic E-state index is 11.8. The number of esters is 1. The SMILES string of the molecule is CCOC(=O)C1CCCN1c1cccc(C#N)n1. The summed E-state index contributed by atoms with van der Waals surface area (Å²) in [6.07, 6.45) is 1.71. The van der Waals surface area contributed by atoms with E-state index in [0.717, 1.165) is 19.4 Å². The number of hydrogen-bond acceptors (Lipinski definition) is 5. The summed E-state index contributed by atoms with van der Waals surface area (Å²) in [4.78, 5) is 18.0. The Kier molecular flexibility index (Phi) is 3.78. The van der Waals surface area contributed by atoms with Crippen LogP contribution in [-0.2, 0) is 9.53 Å². The second-order valence-electron chi connectivity index (χ2n) is 4.10. The van der Waals surface area contributed by atoms with Crippen LogP contribution in [0.4, 0.5) is 5.82 Å². The molecular formula is C13H15N3O2. The van der Waals surface area contributed by atoms with Crippen molar-refractivity contribution in [2.45, 2.75) is 25.8 Å². The molecule has 0 aromatic carbocycles. The van der Waals surface area contributed by atoms with Gasteiger partial charge < -0.3 is 9.64 Å². The maximum Gasteiger partial charge on any atom is 0.328 e. The lowest BCUT2D eigenvalue weighted by atomic mass is 10.2. The second kappa shape index (κ2) is 5.50. The fraction of sp³-hybridized carbons (Fsp3) is 0.462. The minimum absolute atomic E-state index is 0.209. The van der Waals surface area contributed by atoms with E-state index < -0.39 is 0 Å². The van der Waals surface area contributed by atoms with Crippen LogP contribution >= 0.6 is 0 Å². The molecule has 94 valence electrons. The van der Waals surface area contributed by atoms with Crippen molar-refractivity contribution in [1.82, 2.24) is 4.98 Å². The lowest BCUT2D eigenvalue weighted by Gasteiger charge is -2.23. The van der Waals surface area contributed by atoms with E-state index in [9.17, 15) is 4.79 Å². The predicted molar refractivity (Wildman–Crippen MR) is 66.0 cm³/mol. The van der Waals surface area contributed by atoms with E-state index in [1.807, 2.05) is 17.0 Å². The van der Waals surface area contributed by atoms with Gasteiger partial charge in [0, 0.05) is 6.54 Å². The Hall–Kier alpha value is -2.09. The molecule has 0 N–H and O–H groups in total. The zero-order valence-corrected chi connectivity index (χ0v) is 10.3. The van der Waals surface area contributed by atoms with E-state index >= 15 is 0 Å². The summed E-state index contributed by atoms with van der Waals surface area (Å²) in [6, 6.07) is 6.98. The average Bonchev–Trinajstić information content (AvgIpc) is 2.88. The summed E-state index contributed by atoms with van der Waals surface area (Å²) in [5.41, 5.74) is 0.363. The molecule has 0 bridgehead atoms. The lowest BCUT2D eigenvalue weighted by molar-refractivity contribution is -0.144. The number of carbonyl (C=O) groups is 1. The molecule has 5 heteroatoms. The summed E-state index contributed by atoms with van der Waals surface area (Å²) in [5, 5.41) is 8.84. The van der Waals surface area contributed by atoms with Crippen molar-refractivity contribution in [3.8, 4) is 6.07 Å². The van der Waals surface area contributed by atoms with Gasteiger partial charge in [-0.1, -0.05) is 6.07 Å². The van der Waals surface area contributed by atoms with Crippen LogP contribution in [0.3, 0.4) is 0 Å². The standard InChI is InChI=1S/C13H15N3O2/c1-2-18-13(17)11-6-4-8-16(11)12-7-3-5-10(9-14)15-12/h3,5,7,11H,2,4,6,8H2,1H3. The fourth-order valence-corrected chi connectivity index (χ4v) is 2.17. The first-order valence-corrected chi connectivity index (χ1v) is 6.06. The molecule has 0 radical (unpaired) electrons. The molecule has 0 amide bonds. The Morgan fingerprint density at radius 2 is 2.50 bits per heavy atom. The van der Waals surface area contributed by atoms with Crippen LogP contribution in [0.2, 0.25) is 0 Å². The molecule has 1 aliphatic rings. The van der Waals surface area contributed by atoms with Gasteiger partial charge in [0.05, 0.1) is 6.61 Å². The summed E-state index contributed by atoms with van der Waals surface area (Å²) < 4.78 is 5.06. The zero-order valence-electron chi connectivity index (χ0n) is 10.3. The number of aromatic nitrogens is 1. The highest BCUT2D eigenvalue weighted by Crippen LogP contribution is 2.24. The van der Waals surface area contributed by atoms with Crippen molar-refractivity contribution >= 4 is 11.8 Å². The van der Waals surface area contributed by atoms with Crippen molar-refractivity contribution < 1.29 is 9.53 Å². The summed E-state index contributed by atoms with van der Waals surface area (Å²) in [6.45, 7) is 2.95. The number of nitrogens with zero attached hydrogens (tertiary/aromatic N) is 3. The Morgan fingerprint density at radius 1 is 1.67 bits per heavy atom. The molecule has 1 aromatic rings. The van der Waals surface area contributed by atoms with Gasteiger partial charge in [-0.3, -0.25) is 0 Å². The highest BCUT2D eigenvalue weighted by Gasteiger charge is 2.32. The Morgan fingerprint density at radius 3 is 3.22 bits per heavy atom. The number of pyridine rings is 1. The Labute approximate surface area is 106 Å². The molecule has 0 saturated carbocycles. The molecule has 5 nitrogen and oxygen atoms in total. The molecule has 1 saturated heterocycles. The molecule has 2 heterocycles. The molecule has 0 spiro atoms. The molecule has 0 aliphatic carbocycles. The highest BCUT2D eigenvalue weighted by atomic mass is 16.5. The molecule has 2 rings (SSSR count). The molecule has 1 unspecified atom stereocenters. The Balaban J connectivity index is 2.20. The van der Waals surface area contributed by atoms with Crippen molar-refractivity contribution in [1.29, 1.82) is 5.26 Å². The smallest absolute Gasteiger partial charge is 0.328 e. The molecular weight excluding hydrogens is 230 g/mol. The molecule has 1 fully saturated rings. The normalized spacial score (nSPS) is 18.4. The first-order valence-electron chi connectivity index (χ1n) is 6.06. The van der Waals surface area contributed by atoms with Crippen molar-refractivity contribution in [3.05, 3.63) is 23.9 Å². The molecule has 1 aliphatic heterocycles. The van der Waals surface area contributed by atoms with E-state index in [1.54, 1.807) is 19.1 Å². The number of ether oxygens (including phenoxy) is 1. The number of carbonyl (C=O) groups excluding carboxylic acids is 1. The number of nitriles is 1. The third kappa shape index (κ3) is 2.43. The van der Waals surface area contributed by atoms with Gasteiger partial charge in [-0.2, -0.15) is 5.26 Å². The third-order valence-electron chi connectivity index (χ3n) is 2.95. The van der Waals surface area contributed by atoms with Crippen LogP contribution in [0.15, 0.2) is 18.2 Å². The summed E-state index contributed by atoms with van der Waals surface area (Å²) >= 11 is 0. The van der Waals surface area contributed by atoms with Crippen molar-refractivity contribution in [2.75, 3.05) is 18.1 Å². The maximum atomic E-state index is 11.8. The zero-order chi connectivity index (χ0) is 13.0. The van der Waals surface area contributed by atoms with Gasteiger partial charge in [0.15, 0.2) is 0 Å². The van der Waals surface area contributed by atoms with Crippen molar-refractivity contribution in [3.63, 3.8) is 0 Å². The van der Waals surface area contributed by atoms with Crippen LogP contribution in [0.1, 0.15) is 25.5 Å². The van der Waals surface area contributed by atoms with E-state index in [-0.39, 0.29) is 12.0 Å². The van der Waals surface area contributed by atoms with Gasteiger partial charge in [0.25, 0.3) is 0 Å². The predicted octanol–water partition coefficient (Wildman–Crippen LogP) is 1.49. The number of anilines is 1. The van der Waals surface area contributed by atoms with Gasteiger partial charge in [-0.05, 0) is 31.9 Å². The third-order valence-corrected chi connectivity index (χ3v) is 2.95. The van der Waals surface area contributed by atoms with E-state index in [1.165, 1.54) is 0 Å². The minimum Gasteiger partial charge on any atom is -0.464 e. The molecule has 18 heavy (non-hydrogen) atoms. The number of rotatable bonds is 3. The average molecular weight is 245 g/mol. The Bertz CT molecular complexity index is 481. The van der Waals surface area contributed by atoms with E-state index in [2.05, 4.69) is 4.98 Å².